The molecule has 0 spiro atoms. The van der Waals surface area contributed by atoms with Crippen molar-refractivity contribution < 1.29 is 9.53 Å². The van der Waals surface area contributed by atoms with Crippen LogP contribution in [0.5, 0.6) is 0 Å². The highest BCUT2D eigenvalue weighted by molar-refractivity contribution is 6.35. The van der Waals surface area contributed by atoms with Gasteiger partial charge in [0.1, 0.15) is 0 Å². The number of benzene rings is 1. The van der Waals surface area contributed by atoms with Crippen LogP contribution in [0.3, 0.4) is 0 Å². The predicted molar refractivity (Wildman–Crippen MR) is 94.2 cm³/mol. The van der Waals surface area contributed by atoms with E-state index in [4.69, 9.17) is 27.9 Å². The number of halogens is 2. The maximum absolute atomic E-state index is 12.1. The van der Waals surface area contributed by atoms with E-state index in [9.17, 15) is 4.79 Å². The fraction of sp³-hybridized carbons (Fsp3) is 0.588. The van der Waals surface area contributed by atoms with Crippen molar-refractivity contribution in [3.63, 3.8) is 0 Å². The fourth-order valence-electron chi connectivity index (χ4n) is 2.71. The largest absolute Gasteiger partial charge is 0.374 e. The van der Waals surface area contributed by atoms with Gasteiger partial charge in [-0.15, -0.1) is 0 Å². The molecule has 1 unspecified atom stereocenters. The standard InChI is InChI=1S/C17H24Cl2N2O2/c1-12(2)10-21-5-6-23-15(11-21)9-20-17(22)7-13-3-4-14(18)8-16(13)19/h3-4,8,12,15H,5-7,9-11H2,1-2H3,(H,20,22). The first kappa shape index (κ1) is 18.5. The van der Waals surface area contributed by atoms with Crippen molar-refractivity contribution in [3.8, 4) is 0 Å². The van der Waals surface area contributed by atoms with Gasteiger partial charge in [-0.2, -0.15) is 0 Å². The summed E-state index contributed by atoms with van der Waals surface area (Å²) in [6.45, 7) is 8.55. The van der Waals surface area contributed by atoms with Gasteiger partial charge in [0.25, 0.3) is 0 Å². The maximum Gasteiger partial charge on any atom is 0.224 e. The van der Waals surface area contributed by atoms with Crippen LogP contribution in [0.1, 0.15) is 19.4 Å². The Hall–Kier alpha value is -0.810. The van der Waals surface area contributed by atoms with Crippen LogP contribution in [0, 0.1) is 5.92 Å². The Morgan fingerprint density at radius 1 is 1.43 bits per heavy atom. The molecule has 1 aliphatic rings. The summed E-state index contributed by atoms with van der Waals surface area (Å²) in [6, 6.07) is 5.18. The monoisotopic (exact) mass is 358 g/mol. The summed E-state index contributed by atoms with van der Waals surface area (Å²) >= 11 is 12.0. The van der Waals surface area contributed by atoms with Crippen molar-refractivity contribution >= 4 is 29.1 Å². The summed E-state index contributed by atoms with van der Waals surface area (Å²) in [4.78, 5) is 14.5. The molecule has 1 atom stereocenters. The number of amides is 1. The van der Waals surface area contributed by atoms with Crippen LogP contribution in [0.2, 0.25) is 10.0 Å². The molecule has 1 aliphatic heterocycles. The second-order valence-electron chi connectivity index (χ2n) is 6.36. The number of nitrogens with zero attached hydrogens (tertiary/aromatic N) is 1. The van der Waals surface area contributed by atoms with Gasteiger partial charge in [-0.1, -0.05) is 43.1 Å². The number of ether oxygens (including phenoxy) is 1. The second-order valence-corrected chi connectivity index (χ2v) is 7.21. The number of hydrogen-bond donors (Lipinski definition) is 1. The molecule has 1 amide bonds. The average Bonchev–Trinajstić information content (AvgIpc) is 2.48. The number of nitrogens with one attached hydrogen (secondary N) is 1. The van der Waals surface area contributed by atoms with Crippen molar-refractivity contribution in [2.24, 2.45) is 5.92 Å². The molecule has 1 aromatic carbocycles. The lowest BCUT2D eigenvalue weighted by molar-refractivity contribution is -0.121. The molecule has 4 nitrogen and oxygen atoms in total. The Morgan fingerprint density at radius 2 is 2.22 bits per heavy atom. The zero-order chi connectivity index (χ0) is 16.8. The van der Waals surface area contributed by atoms with E-state index in [0.717, 1.165) is 31.8 Å². The molecule has 1 N–H and O–H groups in total. The summed E-state index contributed by atoms with van der Waals surface area (Å²) in [5, 5.41) is 4.02. The van der Waals surface area contributed by atoms with Crippen molar-refractivity contribution in [1.29, 1.82) is 0 Å². The van der Waals surface area contributed by atoms with Crippen LogP contribution in [-0.4, -0.2) is 49.7 Å². The Balaban J connectivity index is 1.77. The summed E-state index contributed by atoms with van der Waals surface area (Å²) in [6.07, 6.45) is 0.297. The first-order valence-corrected chi connectivity index (χ1v) is 8.74. The Bertz CT molecular complexity index is 537. The van der Waals surface area contributed by atoms with Gasteiger partial charge >= 0.3 is 0 Å². The molecular formula is C17H24Cl2N2O2. The molecule has 1 heterocycles. The number of rotatable bonds is 6. The summed E-state index contributed by atoms with van der Waals surface area (Å²) in [5.74, 6) is 0.578. The third-order valence-electron chi connectivity index (χ3n) is 3.74. The molecule has 23 heavy (non-hydrogen) atoms. The van der Waals surface area contributed by atoms with E-state index in [1.54, 1.807) is 18.2 Å². The minimum absolute atomic E-state index is 0.0483. The highest BCUT2D eigenvalue weighted by Gasteiger charge is 2.21. The fourth-order valence-corrected chi connectivity index (χ4v) is 3.19. The van der Waals surface area contributed by atoms with Crippen LogP contribution in [0.25, 0.3) is 0 Å². The van der Waals surface area contributed by atoms with Crippen molar-refractivity contribution in [2.75, 3.05) is 32.8 Å². The molecule has 0 radical (unpaired) electrons. The van der Waals surface area contributed by atoms with Gasteiger partial charge < -0.3 is 10.1 Å². The molecular weight excluding hydrogens is 335 g/mol. The van der Waals surface area contributed by atoms with E-state index in [2.05, 4.69) is 24.1 Å². The van der Waals surface area contributed by atoms with Gasteiger partial charge in [-0.25, -0.2) is 0 Å². The molecule has 128 valence electrons. The third kappa shape index (κ3) is 6.30. The molecule has 1 fully saturated rings. The van der Waals surface area contributed by atoms with E-state index < -0.39 is 0 Å². The molecule has 0 bridgehead atoms. The number of carbonyl (C=O) groups is 1. The van der Waals surface area contributed by atoms with Crippen LogP contribution in [0.15, 0.2) is 18.2 Å². The molecule has 0 aromatic heterocycles. The van der Waals surface area contributed by atoms with Gasteiger partial charge in [0.05, 0.1) is 19.1 Å². The average molecular weight is 359 g/mol. The van der Waals surface area contributed by atoms with E-state index >= 15 is 0 Å². The number of carbonyl (C=O) groups excluding carboxylic acids is 1. The normalized spacial score (nSPS) is 19.1. The molecule has 0 saturated carbocycles. The van der Waals surface area contributed by atoms with E-state index in [-0.39, 0.29) is 18.4 Å². The molecule has 1 aromatic rings. The number of hydrogen-bond acceptors (Lipinski definition) is 3. The topological polar surface area (TPSA) is 41.6 Å². The van der Waals surface area contributed by atoms with Crippen LogP contribution in [-0.2, 0) is 16.0 Å². The number of morpholine rings is 1. The zero-order valence-electron chi connectivity index (χ0n) is 13.6. The first-order valence-electron chi connectivity index (χ1n) is 7.98. The van der Waals surface area contributed by atoms with E-state index in [1.807, 2.05) is 0 Å². The molecule has 6 heteroatoms. The summed E-state index contributed by atoms with van der Waals surface area (Å²) in [5.41, 5.74) is 0.777. The summed E-state index contributed by atoms with van der Waals surface area (Å²) < 4.78 is 5.73. The molecule has 2 rings (SSSR count). The Morgan fingerprint density at radius 3 is 2.91 bits per heavy atom. The van der Waals surface area contributed by atoms with Gasteiger partial charge in [0.15, 0.2) is 0 Å². The first-order chi connectivity index (χ1) is 10.9. The lowest BCUT2D eigenvalue weighted by atomic mass is 10.1. The van der Waals surface area contributed by atoms with Crippen molar-refractivity contribution in [1.82, 2.24) is 10.2 Å². The van der Waals surface area contributed by atoms with Crippen molar-refractivity contribution in [3.05, 3.63) is 33.8 Å². The summed E-state index contributed by atoms with van der Waals surface area (Å²) in [7, 11) is 0. The second kappa shape index (κ2) is 8.88. The van der Waals surface area contributed by atoms with E-state index in [0.29, 0.717) is 22.5 Å². The minimum atomic E-state index is -0.0567. The van der Waals surface area contributed by atoms with Crippen LogP contribution < -0.4 is 5.32 Å². The lowest BCUT2D eigenvalue weighted by Gasteiger charge is -2.33. The third-order valence-corrected chi connectivity index (χ3v) is 4.33. The lowest BCUT2D eigenvalue weighted by Crippen LogP contribution is -2.48. The Labute approximate surface area is 148 Å². The quantitative estimate of drug-likeness (QED) is 0.849. The van der Waals surface area contributed by atoms with Crippen LogP contribution in [0.4, 0.5) is 0 Å². The SMILES string of the molecule is CC(C)CN1CCOC(CNC(=O)Cc2ccc(Cl)cc2Cl)C1. The zero-order valence-corrected chi connectivity index (χ0v) is 15.2. The highest BCUT2D eigenvalue weighted by atomic mass is 35.5. The molecule has 0 aliphatic carbocycles. The Kier molecular flexibility index (Phi) is 7.15. The maximum atomic E-state index is 12.1. The van der Waals surface area contributed by atoms with Gasteiger partial charge in [-0.3, -0.25) is 9.69 Å². The molecule has 1 saturated heterocycles. The van der Waals surface area contributed by atoms with E-state index in [1.165, 1.54) is 0 Å². The van der Waals surface area contributed by atoms with Gasteiger partial charge in [0, 0.05) is 36.2 Å². The predicted octanol–water partition coefficient (Wildman–Crippen LogP) is 3.01. The van der Waals surface area contributed by atoms with Gasteiger partial charge in [-0.05, 0) is 23.6 Å². The van der Waals surface area contributed by atoms with Gasteiger partial charge in [0.2, 0.25) is 5.91 Å². The highest BCUT2D eigenvalue weighted by Crippen LogP contribution is 2.21. The minimum Gasteiger partial charge on any atom is -0.374 e. The smallest absolute Gasteiger partial charge is 0.224 e. The van der Waals surface area contributed by atoms with Crippen molar-refractivity contribution in [2.45, 2.75) is 26.4 Å². The van der Waals surface area contributed by atoms with Crippen LogP contribution >= 0.6 is 23.2 Å².